The minimum atomic E-state index is -3.12. The van der Waals surface area contributed by atoms with E-state index in [4.69, 9.17) is 5.73 Å². The van der Waals surface area contributed by atoms with E-state index < -0.39 is 10.0 Å². The van der Waals surface area contributed by atoms with Gasteiger partial charge in [0.1, 0.15) is 0 Å². The van der Waals surface area contributed by atoms with Crippen LogP contribution in [0.2, 0.25) is 0 Å². The molecule has 1 rings (SSSR count). The molecule has 16 heavy (non-hydrogen) atoms. The lowest BCUT2D eigenvalue weighted by Gasteiger charge is -2.12. The summed E-state index contributed by atoms with van der Waals surface area (Å²) in [6, 6.07) is 0.437. The summed E-state index contributed by atoms with van der Waals surface area (Å²) in [6.07, 6.45) is 5.87. The summed E-state index contributed by atoms with van der Waals surface area (Å²) in [7, 11) is -3.12. The van der Waals surface area contributed by atoms with Crippen molar-refractivity contribution in [3.8, 4) is 0 Å². The van der Waals surface area contributed by atoms with Crippen LogP contribution in [0.5, 0.6) is 0 Å². The third-order valence-electron chi connectivity index (χ3n) is 2.47. The Bertz CT molecular complexity index is 333. The van der Waals surface area contributed by atoms with Crippen molar-refractivity contribution in [2.24, 2.45) is 10.7 Å². The number of hydrogen-bond acceptors (Lipinski definition) is 3. The van der Waals surface area contributed by atoms with Gasteiger partial charge in [-0.1, -0.05) is 12.8 Å². The Morgan fingerprint density at radius 2 is 2.06 bits per heavy atom. The Balaban J connectivity index is 2.18. The second-order valence-electron chi connectivity index (χ2n) is 4.06. The van der Waals surface area contributed by atoms with E-state index in [-0.39, 0.29) is 6.54 Å². The fourth-order valence-corrected chi connectivity index (χ4v) is 2.19. The lowest BCUT2D eigenvalue weighted by atomic mass is 10.2. The molecule has 4 N–H and O–H groups in total. The van der Waals surface area contributed by atoms with E-state index in [1.165, 1.54) is 12.8 Å². The fraction of sp³-hybridized carbons (Fsp3) is 0.889. The molecule has 0 aromatic carbocycles. The van der Waals surface area contributed by atoms with Crippen LogP contribution in [-0.2, 0) is 10.0 Å². The van der Waals surface area contributed by atoms with Crippen LogP contribution in [0.3, 0.4) is 0 Å². The average molecular weight is 248 g/mol. The van der Waals surface area contributed by atoms with Gasteiger partial charge in [-0.2, -0.15) is 0 Å². The monoisotopic (exact) mass is 248 g/mol. The molecule has 1 fully saturated rings. The van der Waals surface area contributed by atoms with Crippen LogP contribution >= 0.6 is 0 Å². The summed E-state index contributed by atoms with van der Waals surface area (Å²) in [4.78, 5) is 4.05. The third kappa shape index (κ3) is 5.92. The summed E-state index contributed by atoms with van der Waals surface area (Å²) >= 11 is 0. The number of nitrogens with zero attached hydrogens (tertiary/aromatic N) is 1. The molecule has 0 aromatic heterocycles. The molecular weight excluding hydrogens is 228 g/mol. The van der Waals surface area contributed by atoms with Gasteiger partial charge in [-0.3, -0.25) is 4.99 Å². The second-order valence-corrected chi connectivity index (χ2v) is 5.89. The van der Waals surface area contributed by atoms with Crippen molar-refractivity contribution in [1.29, 1.82) is 0 Å². The standard InChI is InChI=1S/C9H20N4O2S/c1-16(14,15)12-7-6-11-9(10)13-8-4-2-3-5-8/h8,12H,2-7H2,1H3,(H3,10,11,13). The minimum Gasteiger partial charge on any atom is -0.370 e. The van der Waals surface area contributed by atoms with Gasteiger partial charge in [0.2, 0.25) is 10.0 Å². The summed E-state index contributed by atoms with van der Waals surface area (Å²) < 4.78 is 23.8. The van der Waals surface area contributed by atoms with Crippen molar-refractivity contribution in [2.75, 3.05) is 19.3 Å². The molecule has 1 aliphatic carbocycles. The second kappa shape index (κ2) is 6.05. The average Bonchev–Trinajstić information content (AvgIpc) is 2.63. The zero-order valence-corrected chi connectivity index (χ0v) is 10.4. The van der Waals surface area contributed by atoms with E-state index in [9.17, 15) is 8.42 Å². The van der Waals surface area contributed by atoms with E-state index in [2.05, 4.69) is 15.0 Å². The number of nitrogens with two attached hydrogens (primary N) is 1. The van der Waals surface area contributed by atoms with Crippen LogP contribution in [0.4, 0.5) is 0 Å². The molecule has 94 valence electrons. The topological polar surface area (TPSA) is 96.6 Å². The molecular formula is C9H20N4O2S. The SMILES string of the molecule is CS(=O)(=O)NCCN=C(N)NC1CCCC1. The Hall–Kier alpha value is -0.820. The van der Waals surface area contributed by atoms with Gasteiger partial charge in [0, 0.05) is 12.6 Å². The molecule has 7 heteroatoms. The van der Waals surface area contributed by atoms with Crippen molar-refractivity contribution in [2.45, 2.75) is 31.7 Å². The van der Waals surface area contributed by atoms with Gasteiger partial charge in [-0.05, 0) is 12.8 Å². The van der Waals surface area contributed by atoms with Gasteiger partial charge in [0.05, 0.1) is 12.8 Å². The molecule has 0 atom stereocenters. The number of rotatable bonds is 5. The predicted molar refractivity (Wildman–Crippen MR) is 64.7 cm³/mol. The van der Waals surface area contributed by atoms with Crippen LogP contribution < -0.4 is 15.8 Å². The predicted octanol–water partition coefficient (Wildman–Crippen LogP) is -0.617. The molecule has 0 aliphatic heterocycles. The van der Waals surface area contributed by atoms with E-state index in [0.29, 0.717) is 18.5 Å². The molecule has 0 heterocycles. The lowest BCUT2D eigenvalue weighted by Crippen LogP contribution is -2.39. The molecule has 1 saturated carbocycles. The first-order valence-corrected chi connectivity index (χ1v) is 7.37. The van der Waals surface area contributed by atoms with Crippen molar-refractivity contribution >= 4 is 16.0 Å². The Labute approximate surface area is 96.7 Å². The first-order chi connectivity index (χ1) is 7.47. The largest absolute Gasteiger partial charge is 0.370 e. The molecule has 0 amide bonds. The Morgan fingerprint density at radius 3 is 2.62 bits per heavy atom. The van der Waals surface area contributed by atoms with Crippen molar-refractivity contribution in [3.05, 3.63) is 0 Å². The van der Waals surface area contributed by atoms with Crippen LogP contribution in [0.15, 0.2) is 4.99 Å². The number of hydrogen-bond donors (Lipinski definition) is 3. The number of nitrogens with one attached hydrogen (secondary N) is 2. The summed E-state index contributed by atoms with van der Waals surface area (Å²) in [5, 5.41) is 3.13. The summed E-state index contributed by atoms with van der Waals surface area (Å²) in [5.41, 5.74) is 5.67. The molecule has 0 saturated heterocycles. The zero-order valence-electron chi connectivity index (χ0n) is 9.57. The van der Waals surface area contributed by atoms with Crippen molar-refractivity contribution in [3.63, 3.8) is 0 Å². The molecule has 0 spiro atoms. The van der Waals surface area contributed by atoms with Crippen LogP contribution in [0.1, 0.15) is 25.7 Å². The van der Waals surface area contributed by atoms with Gasteiger partial charge in [0.25, 0.3) is 0 Å². The van der Waals surface area contributed by atoms with E-state index >= 15 is 0 Å². The summed E-state index contributed by atoms with van der Waals surface area (Å²) in [5.74, 6) is 0.405. The van der Waals surface area contributed by atoms with Crippen molar-refractivity contribution in [1.82, 2.24) is 10.0 Å². The normalized spacial score (nSPS) is 18.9. The maximum atomic E-state index is 10.7. The highest BCUT2D eigenvalue weighted by molar-refractivity contribution is 7.88. The van der Waals surface area contributed by atoms with Crippen LogP contribution in [0, 0.1) is 0 Å². The van der Waals surface area contributed by atoms with Gasteiger partial charge >= 0.3 is 0 Å². The minimum absolute atomic E-state index is 0.284. The van der Waals surface area contributed by atoms with Gasteiger partial charge in [-0.15, -0.1) is 0 Å². The maximum Gasteiger partial charge on any atom is 0.208 e. The Kier molecular flexibility index (Phi) is 5.01. The first kappa shape index (κ1) is 13.2. The van der Waals surface area contributed by atoms with Crippen LogP contribution in [-0.4, -0.2) is 39.8 Å². The van der Waals surface area contributed by atoms with Gasteiger partial charge in [-0.25, -0.2) is 13.1 Å². The molecule has 0 bridgehead atoms. The van der Waals surface area contributed by atoms with E-state index in [1.54, 1.807) is 0 Å². The molecule has 0 aromatic rings. The van der Waals surface area contributed by atoms with E-state index in [0.717, 1.165) is 19.1 Å². The number of aliphatic imine (C=N–C) groups is 1. The Morgan fingerprint density at radius 1 is 1.44 bits per heavy atom. The van der Waals surface area contributed by atoms with Gasteiger partial charge in [0.15, 0.2) is 5.96 Å². The number of sulfonamides is 1. The molecule has 0 unspecified atom stereocenters. The van der Waals surface area contributed by atoms with E-state index in [1.807, 2.05) is 0 Å². The highest BCUT2D eigenvalue weighted by Crippen LogP contribution is 2.17. The molecule has 6 nitrogen and oxygen atoms in total. The highest BCUT2D eigenvalue weighted by Gasteiger charge is 2.14. The number of guanidine groups is 1. The smallest absolute Gasteiger partial charge is 0.208 e. The quantitative estimate of drug-likeness (QED) is 0.343. The van der Waals surface area contributed by atoms with Crippen LogP contribution in [0.25, 0.3) is 0 Å². The van der Waals surface area contributed by atoms with Crippen molar-refractivity contribution < 1.29 is 8.42 Å². The lowest BCUT2D eigenvalue weighted by molar-refractivity contribution is 0.588. The van der Waals surface area contributed by atoms with Gasteiger partial charge < -0.3 is 11.1 Å². The summed E-state index contributed by atoms with van der Waals surface area (Å²) in [6.45, 7) is 0.643. The fourth-order valence-electron chi connectivity index (χ4n) is 1.73. The third-order valence-corrected chi connectivity index (χ3v) is 3.19. The maximum absolute atomic E-state index is 10.7. The molecule has 1 aliphatic rings. The zero-order chi connectivity index (χ0) is 12.0. The molecule has 0 radical (unpaired) electrons. The first-order valence-electron chi connectivity index (χ1n) is 5.48. The highest BCUT2D eigenvalue weighted by atomic mass is 32.2.